The van der Waals surface area contributed by atoms with Gasteiger partial charge in [-0.25, -0.2) is 0 Å². The summed E-state index contributed by atoms with van der Waals surface area (Å²) in [4.78, 5) is 2.35. The average molecular weight is 233 g/mol. The molecule has 0 aliphatic carbocycles. The minimum atomic E-state index is -0.121. The summed E-state index contributed by atoms with van der Waals surface area (Å²) in [5, 5.41) is 10.2. The van der Waals surface area contributed by atoms with Gasteiger partial charge in [-0.15, -0.1) is 0 Å². The molecule has 94 valence electrons. The van der Waals surface area contributed by atoms with Gasteiger partial charge in [0.05, 0.1) is 6.10 Å². The Hall–Kier alpha value is -0.860. The predicted molar refractivity (Wildman–Crippen MR) is 71.0 cm³/mol. The highest BCUT2D eigenvalue weighted by Gasteiger charge is 2.23. The Morgan fingerprint density at radius 1 is 1.24 bits per heavy atom. The maximum Gasteiger partial charge on any atom is 0.0572 e. The summed E-state index contributed by atoms with van der Waals surface area (Å²) in [6.45, 7) is 2.26. The van der Waals surface area contributed by atoms with Crippen molar-refractivity contribution in [2.75, 3.05) is 20.1 Å². The Morgan fingerprint density at radius 3 is 2.53 bits per heavy atom. The standard InChI is InChI=1S/C15H23NO/c1-16-11-9-14(10-12-16)15(17)8-7-13-5-3-2-4-6-13/h2-6,14-15,17H,7-12H2,1H3. The second kappa shape index (κ2) is 6.18. The Kier molecular flexibility index (Phi) is 4.57. The van der Waals surface area contributed by atoms with E-state index in [0.29, 0.717) is 5.92 Å². The Bertz CT molecular complexity index is 317. The lowest BCUT2D eigenvalue weighted by atomic mass is 9.88. The second-order valence-corrected chi connectivity index (χ2v) is 5.23. The summed E-state index contributed by atoms with van der Waals surface area (Å²) >= 11 is 0. The fourth-order valence-electron chi connectivity index (χ4n) is 2.61. The van der Waals surface area contributed by atoms with Crippen LogP contribution in [0.2, 0.25) is 0 Å². The van der Waals surface area contributed by atoms with Crippen LogP contribution in [-0.2, 0) is 6.42 Å². The molecule has 1 aliphatic heterocycles. The van der Waals surface area contributed by atoms with Gasteiger partial charge in [0.2, 0.25) is 0 Å². The van der Waals surface area contributed by atoms with Crippen LogP contribution in [0.5, 0.6) is 0 Å². The van der Waals surface area contributed by atoms with Gasteiger partial charge in [0.25, 0.3) is 0 Å². The summed E-state index contributed by atoms with van der Waals surface area (Å²) in [7, 11) is 2.16. The van der Waals surface area contributed by atoms with Crippen LogP contribution in [0.4, 0.5) is 0 Å². The molecule has 2 nitrogen and oxygen atoms in total. The Balaban J connectivity index is 1.75. The van der Waals surface area contributed by atoms with Crippen molar-refractivity contribution in [2.45, 2.75) is 31.8 Å². The molecular weight excluding hydrogens is 210 g/mol. The Morgan fingerprint density at radius 2 is 1.88 bits per heavy atom. The van der Waals surface area contributed by atoms with Gasteiger partial charge in [0.1, 0.15) is 0 Å². The average Bonchev–Trinajstić information content (AvgIpc) is 2.38. The Labute approximate surface area is 104 Å². The molecule has 2 rings (SSSR count). The van der Waals surface area contributed by atoms with Gasteiger partial charge in [-0.2, -0.15) is 0 Å². The maximum atomic E-state index is 10.2. The van der Waals surface area contributed by atoms with Crippen molar-refractivity contribution in [1.82, 2.24) is 4.90 Å². The van der Waals surface area contributed by atoms with Gasteiger partial charge >= 0.3 is 0 Å². The van der Waals surface area contributed by atoms with Crippen molar-refractivity contribution >= 4 is 0 Å². The highest BCUT2D eigenvalue weighted by atomic mass is 16.3. The van der Waals surface area contributed by atoms with Crippen LogP contribution in [0.25, 0.3) is 0 Å². The zero-order valence-electron chi connectivity index (χ0n) is 10.7. The SMILES string of the molecule is CN1CCC(C(O)CCc2ccccc2)CC1. The number of aliphatic hydroxyl groups is 1. The van der Waals surface area contributed by atoms with Gasteiger partial charge in [0, 0.05) is 0 Å². The van der Waals surface area contributed by atoms with Crippen molar-refractivity contribution in [3.8, 4) is 0 Å². The van der Waals surface area contributed by atoms with E-state index in [1.165, 1.54) is 5.56 Å². The minimum Gasteiger partial charge on any atom is -0.393 e. The lowest BCUT2D eigenvalue weighted by Crippen LogP contribution is -2.35. The number of hydrogen-bond acceptors (Lipinski definition) is 2. The molecule has 1 unspecified atom stereocenters. The first-order chi connectivity index (χ1) is 8.25. The van der Waals surface area contributed by atoms with E-state index in [1.54, 1.807) is 0 Å². The highest BCUT2D eigenvalue weighted by molar-refractivity contribution is 5.14. The molecule has 0 aromatic heterocycles. The first kappa shape index (κ1) is 12.6. The number of likely N-dealkylation sites (tertiary alicyclic amines) is 1. The van der Waals surface area contributed by atoms with E-state index in [-0.39, 0.29) is 6.10 Å². The zero-order chi connectivity index (χ0) is 12.1. The topological polar surface area (TPSA) is 23.5 Å². The molecule has 0 radical (unpaired) electrons. The third kappa shape index (κ3) is 3.83. The third-order valence-electron chi connectivity index (χ3n) is 3.88. The molecule has 0 saturated carbocycles. The van der Waals surface area contributed by atoms with E-state index in [1.807, 2.05) is 6.07 Å². The molecule has 0 spiro atoms. The number of piperidine rings is 1. The minimum absolute atomic E-state index is 0.121. The summed E-state index contributed by atoms with van der Waals surface area (Å²) in [6, 6.07) is 10.5. The van der Waals surface area contributed by atoms with E-state index >= 15 is 0 Å². The molecule has 1 N–H and O–H groups in total. The van der Waals surface area contributed by atoms with Gasteiger partial charge < -0.3 is 10.0 Å². The molecule has 1 aliphatic rings. The van der Waals surface area contributed by atoms with Crippen LogP contribution >= 0.6 is 0 Å². The number of aliphatic hydroxyl groups excluding tert-OH is 1. The second-order valence-electron chi connectivity index (χ2n) is 5.23. The summed E-state index contributed by atoms with van der Waals surface area (Å²) in [5.74, 6) is 0.509. The van der Waals surface area contributed by atoms with Gasteiger partial charge in [-0.1, -0.05) is 30.3 Å². The molecule has 1 saturated heterocycles. The molecule has 1 aromatic rings. The van der Waals surface area contributed by atoms with E-state index < -0.39 is 0 Å². The third-order valence-corrected chi connectivity index (χ3v) is 3.88. The van der Waals surface area contributed by atoms with Crippen molar-refractivity contribution in [2.24, 2.45) is 5.92 Å². The number of rotatable bonds is 4. The van der Waals surface area contributed by atoms with Crippen molar-refractivity contribution in [3.05, 3.63) is 35.9 Å². The van der Waals surface area contributed by atoms with Gasteiger partial charge in [-0.3, -0.25) is 0 Å². The van der Waals surface area contributed by atoms with Crippen LogP contribution < -0.4 is 0 Å². The monoisotopic (exact) mass is 233 g/mol. The van der Waals surface area contributed by atoms with Crippen molar-refractivity contribution in [1.29, 1.82) is 0 Å². The van der Waals surface area contributed by atoms with Gasteiger partial charge in [-0.05, 0) is 57.3 Å². The fourth-order valence-corrected chi connectivity index (χ4v) is 2.61. The van der Waals surface area contributed by atoms with Crippen LogP contribution in [0.1, 0.15) is 24.8 Å². The molecule has 1 atom stereocenters. The largest absolute Gasteiger partial charge is 0.393 e. The van der Waals surface area contributed by atoms with Crippen LogP contribution in [0.3, 0.4) is 0 Å². The quantitative estimate of drug-likeness (QED) is 0.862. The molecule has 1 heterocycles. The number of aryl methyl sites for hydroxylation is 1. The molecule has 1 aromatic carbocycles. The molecule has 1 fully saturated rings. The van der Waals surface area contributed by atoms with E-state index in [4.69, 9.17) is 0 Å². The van der Waals surface area contributed by atoms with Crippen molar-refractivity contribution < 1.29 is 5.11 Å². The first-order valence-electron chi connectivity index (χ1n) is 6.66. The lowest BCUT2D eigenvalue weighted by Gasteiger charge is -2.32. The smallest absolute Gasteiger partial charge is 0.0572 e. The summed E-state index contributed by atoms with van der Waals surface area (Å²) in [5.41, 5.74) is 1.33. The number of benzene rings is 1. The summed E-state index contributed by atoms with van der Waals surface area (Å²) in [6.07, 6.45) is 4.06. The normalized spacial score (nSPS) is 20.4. The van der Waals surface area contributed by atoms with Crippen LogP contribution in [-0.4, -0.2) is 36.2 Å². The number of hydrogen-bond donors (Lipinski definition) is 1. The van der Waals surface area contributed by atoms with E-state index in [2.05, 4.69) is 36.2 Å². The van der Waals surface area contributed by atoms with Crippen LogP contribution in [0.15, 0.2) is 30.3 Å². The first-order valence-corrected chi connectivity index (χ1v) is 6.66. The number of nitrogens with zero attached hydrogens (tertiary/aromatic N) is 1. The lowest BCUT2D eigenvalue weighted by molar-refractivity contribution is 0.0601. The zero-order valence-corrected chi connectivity index (χ0v) is 10.7. The van der Waals surface area contributed by atoms with Crippen molar-refractivity contribution in [3.63, 3.8) is 0 Å². The molecule has 2 heteroatoms. The molecule has 0 amide bonds. The fraction of sp³-hybridized carbons (Fsp3) is 0.600. The van der Waals surface area contributed by atoms with E-state index in [9.17, 15) is 5.11 Å². The maximum absolute atomic E-state index is 10.2. The molecule has 17 heavy (non-hydrogen) atoms. The molecular formula is C15H23NO. The highest BCUT2D eigenvalue weighted by Crippen LogP contribution is 2.22. The van der Waals surface area contributed by atoms with Crippen LogP contribution in [0, 0.1) is 5.92 Å². The predicted octanol–water partition coefficient (Wildman–Crippen LogP) is 2.32. The molecule has 0 bridgehead atoms. The van der Waals surface area contributed by atoms with Gasteiger partial charge in [0.15, 0.2) is 0 Å². The van der Waals surface area contributed by atoms with E-state index in [0.717, 1.165) is 38.8 Å². The summed E-state index contributed by atoms with van der Waals surface area (Å²) < 4.78 is 0.